The normalized spacial score (nSPS) is 25.9. The van der Waals surface area contributed by atoms with Gasteiger partial charge in [-0.15, -0.1) is 0 Å². The molecule has 0 amide bonds. The molecule has 2 bridgehead atoms. The quantitative estimate of drug-likeness (QED) is 0.550. The number of allylic oxidation sites excluding steroid dienone is 2. The molecule has 122 valence electrons. The highest BCUT2D eigenvalue weighted by molar-refractivity contribution is 6.65. The molecule has 0 radical (unpaired) electrons. The van der Waals surface area contributed by atoms with Crippen LogP contribution in [0.4, 0.5) is 0 Å². The van der Waals surface area contributed by atoms with Crippen LogP contribution in [0.5, 0.6) is 0 Å². The van der Waals surface area contributed by atoms with Gasteiger partial charge in [0.2, 0.25) is 0 Å². The summed E-state index contributed by atoms with van der Waals surface area (Å²) >= 11 is 0. The molecule has 7 heteroatoms. The van der Waals surface area contributed by atoms with Crippen molar-refractivity contribution < 1.29 is 27.7 Å². The molecule has 6 nitrogen and oxygen atoms in total. The van der Waals surface area contributed by atoms with Crippen molar-refractivity contribution in [3.63, 3.8) is 0 Å². The predicted octanol–water partition coefficient (Wildman–Crippen LogP) is 2.22. The summed E-state index contributed by atoms with van der Waals surface area (Å²) in [5.74, 6) is -0.208. The van der Waals surface area contributed by atoms with Crippen LogP contribution < -0.4 is 0 Å². The van der Waals surface area contributed by atoms with Gasteiger partial charge in [-0.3, -0.25) is 14.4 Å². The van der Waals surface area contributed by atoms with Crippen molar-refractivity contribution in [3.05, 3.63) is 12.2 Å². The van der Waals surface area contributed by atoms with Crippen molar-refractivity contribution in [2.75, 3.05) is 0 Å². The first kappa shape index (κ1) is 16.7. The van der Waals surface area contributed by atoms with Crippen molar-refractivity contribution in [2.24, 2.45) is 17.8 Å². The van der Waals surface area contributed by atoms with E-state index in [-0.39, 0.29) is 6.04 Å². The van der Waals surface area contributed by atoms with Gasteiger partial charge in [0.15, 0.2) is 0 Å². The monoisotopic (exact) mass is 326 g/mol. The van der Waals surface area contributed by atoms with Crippen LogP contribution in [0.25, 0.3) is 0 Å². The summed E-state index contributed by atoms with van der Waals surface area (Å²) in [6.45, 7) is 3.65. The SMILES string of the molecule is CC(=O)O[Si](CCC1CC2C=CC1C2)(OC(C)=O)OC(C)=O. The van der Waals surface area contributed by atoms with Gasteiger partial charge >= 0.3 is 8.80 Å². The van der Waals surface area contributed by atoms with Gasteiger partial charge in [-0.25, -0.2) is 0 Å². The Balaban J connectivity index is 2.07. The molecule has 3 unspecified atom stereocenters. The second-order valence-corrected chi connectivity index (χ2v) is 8.52. The van der Waals surface area contributed by atoms with Gasteiger partial charge < -0.3 is 13.3 Å². The molecule has 0 heterocycles. The van der Waals surface area contributed by atoms with Crippen molar-refractivity contribution in [1.82, 2.24) is 0 Å². The first-order valence-electron chi connectivity index (χ1n) is 7.57. The highest BCUT2D eigenvalue weighted by Crippen LogP contribution is 2.46. The fourth-order valence-corrected chi connectivity index (χ4v) is 5.93. The zero-order chi connectivity index (χ0) is 16.3. The summed E-state index contributed by atoms with van der Waals surface area (Å²) < 4.78 is 15.6. The highest BCUT2D eigenvalue weighted by atomic mass is 28.4. The first-order chi connectivity index (χ1) is 10.3. The number of hydrogen-bond donors (Lipinski definition) is 0. The predicted molar refractivity (Wildman–Crippen MR) is 79.3 cm³/mol. The lowest BCUT2D eigenvalue weighted by Gasteiger charge is -2.28. The van der Waals surface area contributed by atoms with Crippen LogP contribution in [0.15, 0.2) is 12.2 Å². The smallest absolute Gasteiger partial charge is 0.455 e. The summed E-state index contributed by atoms with van der Waals surface area (Å²) in [6.07, 6.45) is 7.44. The minimum Gasteiger partial charge on any atom is -0.455 e. The largest absolute Gasteiger partial charge is 0.705 e. The standard InChI is InChI=1S/C15H22O6Si/c1-10(16)19-22(20-11(2)17,21-12(3)18)7-6-15-9-13-4-5-14(15)8-13/h4-5,13-15H,6-9H2,1-3H3. The highest BCUT2D eigenvalue weighted by Gasteiger charge is 2.52. The van der Waals surface area contributed by atoms with Gasteiger partial charge in [0, 0.05) is 20.8 Å². The average Bonchev–Trinajstić information content (AvgIpc) is 2.95. The van der Waals surface area contributed by atoms with Crippen LogP contribution >= 0.6 is 0 Å². The maximum absolute atomic E-state index is 11.4. The fourth-order valence-electron chi connectivity index (χ4n) is 3.46. The van der Waals surface area contributed by atoms with E-state index in [0.717, 1.165) is 12.8 Å². The van der Waals surface area contributed by atoms with Crippen LogP contribution in [0.3, 0.4) is 0 Å². The zero-order valence-electron chi connectivity index (χ0n) is 13.2. The molecule has 0 aliphatic heterocycles. The maximum atomic E-state index is 11.4. The number of carbonyl (C=O) groups excluding carboxylic acids is 3. The van der Waals surface area contributed by atoms with E-state index in [0.29, 0.717) is 24.2 Å². The Morgan fingerprint density at radius 3 is 1.86 bits per heavy atom. The van der Waals surface area contributed by atoms with Crippen LogP contribution in [-0.4, -0.2) is 26.7 Å². The zero-order valence-corrected chi connectivity index (χ0v) is 14.2. The molecule has 0 aromatic rings. The Kier molecular flexibility index (Phi) is 5.05. The topological polar surface area (TPSA) is 78.9 Å². The summed E-state index contributed by atoms with van der Waals surface area (Å²) in [5.41, 5.74) is 0. The van der Waals surface area contributed by atoms with E-state index in [1.54, 1.807) is 0 Å². The molecule has 1 saturated carbocycles. The lowest BCUT2D eigenvalue weighted by atomic mass is 9.91. The van der Waals surface area contributed by atoms with Gasteiger partial charge in [0.05, 0.1) is 6.04 Å². The molecule has 22 heavy (non-hydrogen) atoms. The van der Waals surface area contributed by atoms with E-state index >= 15 is 0 Å². The Morgan fingerprint density at radius 1 is 0.955 bits per heavy atom. The summed E-state index contributed by atoms with van der Waals surface area (Å²) in [4.78, 5) is 34.1. The van der Waals surface area contributed by atoms with Crippen LogP contribution in [0.1, 0.15) is 40.0 Å². The molecule has 0 aromatic heterocycles. The molecular formula is C15H22O6Si. The van der Waals surface area contributed by atoms with E-state index < -0.39 is 26.7 Å². The van der Waals surface area contributed by atoms with Crippen molar-refractivity contribution in [1.29, 1.82) is 0 Å². The van der Waals surface area contributed by atoms with E-state index in [9.17, 15) is 14.4 Å². The molecule has 0 spiro atoms. The van der Waals surface area contributed by atoms with Gasteiger partial charge in [-0.05, 0) is 37.0 Å². The molecule has 0 aromatic carbocycles. The van der Waals surface area contributed by atoms with Crippen LogP contribution in [0, 0.1) is 17.8 Å². The Bertz CT molecular complexity index is 459. The summed E-state index contributed by atoms with van der Waals surface area (Å²) in [5, 5.41) is 0. The summed E-state index contributed by atoms with van der Waals surface area (Å²) in [6, 6.07) is 0.285. The Morgan fingerprint density at radius 2 is 1.50 bits per heavy atom. The Hall–Kier alpha value is -1.63. The van der Waals surface area contributed by atoms with E-state index in [1.807, 2.05) is 0 Å². The lowest BCUT2D eigenvalue weighted by molar-refractivity contribution is -0.147. The van der Waals surface area contributed by atoms with E-state index in [2.05, 4.69) is 12.2 Å². The molecule has 2 aliphatic rings. The number of fused-ring (bicyclic) bond motifs is 2. The van der Waals surface area contributed by atoms with Crippen molar-refractivity contribution in [2.45, 2.75) is 46.1 Å². The number of carbonyl (C=O) groups is 3. The molecule has 2 rings (SSSR count). The third kappa shape index (κ3) is 4.19. The van der Waals surface area contributed by atoms with E-state index in [4.69, 9.17) is 13.3 Å². The lowest BCUT2D eigenvalue weighted by Crippen LogP contribution is -2.49. The van der Waals surface area contributed by atoms with Gasteiger partial charge in [0.25, 0.3) is 17.9 Å². The van der Waals surface area contributed by atoms with E-state index in [1.165, 1.54) is 20.8 Å². The first-order valence-corrected chi connectivity index (χ1v) is 9.50. The summed E-state index contributed by atoms with van der Waals surface area (Å²) in [7, 11) is -3.65. The minimum absolute atomic E-state index is 0.285. The molecule has 0 N–H and O–H groups in total. The van der Waals surface area contributed by atoms with Crippen LogP contribution in [-0.2, 0) is 27.7 Å². The van der Waals surface area contributed by atoms with Gasteiger partial charge in [-0.1, -0.05) is 12.2 Å². The maximum Gasteiger partial charge on any atom is 0.705 e. The number of rotatable bonds is 6. The average molecular weight is 326 g/mol. The van der Waals surface area contributed by atoms with Gasteiger partial charge in [0.1, 0.15) is 0 Å². The molecular weight excluding hydrogens is 304 g/mol. The Labute approximate surface area is 131 Å². The third-order valence-electron chi connectivity index (χ3n) is 4.14. The third-order valence-corrected chi connectivity index (χ3v) is 6.83. The molecule has 3 atom stereocenters. The second kappa shape index (κ2) is 6.64. The van der Waals surface area contributed by atoms with Crippen molar-refractivity contribution in [3.8, 4) is 0 Å². The molecule has 0 saturated heterocycles. The fraction of sp³-hybridized carbons (Fsp3) is 0.667. The van der Waals surface area contributed by atoms with Gasteiger partial charge in [-0.2, -0.15) is 0 Å². The second-order valence-electron chi connectivity index (χ2n) is 6.04. The molecule has 2 aliphatic carbocycles. The minimum atomic E-state index is -3.65. The van der Waals surface area contributed by atoms with Crippen LogP contribution in [0.2, 0.25) is 6.04 Å². The molecule has 1 fully saturated rings. The number of hydrogen-bond acceptors (Lipinski definition) is 6. The van der Waals surface area contributed by atoms with Crippen molar-refractivity contribution >= 4 is 26.7 Å².